The molecule has 0 fully saturated rings. The summed E-state index contributed by atoms with van der Waals surface area (Å²) in [5.41, 5.74) is 0.701. The number of pyridine rings is 1. The molecular formula is C7H3ClIN3O. The highest BCUT2D eigenvalue weighted by atomic mass is 127. The molecule has 0 bridgehead atoms. The Balaban J connectivity index is 2.52. The third kappa shape index (κ3) is 1.80. The highest BCUT2D eigenvalue weighted by Crippen LogP contribution is 2.25. The maximum atomic E-state index is 5.88. The molecule has 0 atom stereocenters. The average molecular weight is 307 g/mol. The molecule has 2 aromatic heterocycles. The van der Waals surface area contributed by atoms with E-state index in [-0.39, 0.29) is 0 Å². The van der Waals surface area contributed by atoms with Crippen molar-refractivity contribution in [2.45, 2.75) is 0 Å². The minimum Gasteiger partial charge on any atom is -0.412 e. The lowest BCUT2D eigenvalue weighted by atomic mass is 10.3. The predicted octanol–water partition coefficient (Wildman–Crippen LogP) is 2.39. The van der Waals surface area contributed by atoms with E-state index in [0.29, 0.717) is 20.4 Å². The molecule has 0 aliphatic heterocycles. The van der Waals surface area contributed by atoms with Gasteiger partial charge in [0.05, 0.1) is 10.6 Å². The molecule has 0 spiro atoms. The van der Waals surface area contributed by atoms with Gasteiger partial charge in [0.1, 0.15) is 0 Å². The first-order chi connectivity index (χ1) is 6.27. The maximum Gasteiger partial charge on any atom is 0.278 e. The van der Waals surface area contributed by atoms with Crippen molar-refractivity contribution in [2.75, 3.05) is 0 Å². The molecule has 0 aliphatic rings. The summed E-state index contributed by atoms with van der Waals surface area (Å²) in [4.78, 5) is 3.85. The summed E-state index contributed by atoms with van der Waals surface area (Å²) in [5, 5.41) is 8.04. The van der Waals surface area contributed by atoms with Crippen molar-refractivity contribution in [1.82, 2.24) is 15.2 Å². The zero-order valence-electron chi connectivity index (χ0n) is 6.24. The van der Waals surface area contributed by atoms with Crippen molar-refractivity contribution in [3.8, 4) is 11.5 Å². The standard InChI is InChI=1S/C7H3ClIN3O/c8-5-3-10-2-1-4(5)6-11-12-7(9)13-6/h1-3H. The van der Waals surface area contributed by atoms with Crippen LogP contribution in [-0.2, 0) is 0 Å². The second-order valence-electron chi connectivity index (χ2n) is 2.22. The zero-order valence-corrected chi connectivity index (χ0v) is 9.15. The van der Waals surface area contributed by atoms with Crippen LogP contribution in [0, 0.1) is 3.90 Å². The molecule has 0 aliphatic carbocycles. The fourth-order valence-electron chi connectivity index (χ4n) is 0.863. The van der Waals surface area contributed by atoms with Crippen LogP contribution < -0.4 is 0 Å². The molecule has 0 saturated carbocycles. The van der Waals surface area contributed by atoms with E-state index in [2.05, 4.69) is 15.2 Å². The van der Waals surface area contributed by atoms with Gasteiger partial charge in [-0.2, -0.15) is 0 Å². The smallest absolute Gasteiger partial charge is 0.278 e. The summed E-state index contributed by atoms with van der Waals surface area (Å²) in [7, 11) is 0. The Labute approximate surface area is 92.5 Å². The van der Waals surface area contributed by atoms with E-state index in [1.807, 2.05) is 22.6 Å². The molecule has 0 unspecified atom stereocenters. The Kier molecular flexibility index (Phi) is 2.45. The summed E-state index contributed by atoms with van der Waals surface area (Å²) >= 11 is 7.82. The third-order valence-corrected chi connectivity index (χ3v) is 2.14. The lowest BCUT2D eigenvalue weighted by Gasteiger charge is -1.95. The lowest BCUT2D eigenvalue weighted by Crippen LogP contribution is -1.80. The highest BCUT2D eigenvalue weighted by Gasteiger charge is 2.09. The first-order valence-electron chi connectivity index (χ1n) is 3.36. The van der Waals surface area contributed by atoms with Crippen molar-refractivity contribution < 1.29 is 4.42 Å². The number of hydrogen-bond acceptors (Lipinski definition) is 4. The molecule has 0 aromatic carbocycles. The summed E-state index contributed by atoms with van der Waals surface area (Å²) < 4.78 is 5.69. The van der Waals surface area contributed by atoms with Crippen molar-refractivity contribution in [1.29, 1.82) is 0 Å². The van der Waals surface area contributed by atoms with Gasteiger partial charge in [-0.05, 0) is 6.07 Å². The number of nitrogens with zero attached hydrogens (tertiary/aromatic N) is 3. The fraction of sp³-hybridized carbons (Fsp3) is 0. The summed E-state index contributed by atoms with van der Waals surface area (Å²) in [6.07, 6.45) is 3.16. The molecule has 2 heterocycles. The van der Waals surface area contributed by atoms with Gasteiger partial charge in [-0.3, -0.25) is 4.98 Å². The second kappa shape index (κ2) is 3.59. The van der Waals surface area contributed by atoms with E-state index in [4.69, 9.17) is 16.0 Å². The third-order valence-electron chi connectivity index (χ3n) is 1.40. The predicted molar refractivity (Wildman–Crippen MR) is 55.3 cm³/mol. The number of aromatic nitrogens is 3. The van der Waals surface area contributed by atoms with Crippen LogP contribution in [0.4, 0.5) is 0 Å². The van der Waals surface area contributed by atoms with E-state index in [9.17, 15) is 0 Å². The van der Waals surface area contributed by atoms with E-state index in [1.165, 1.54) is 6.20 Å². The first-order valence-corrected chi connectivity index (χ1v) is 4.82. The number of hydrogen-bond donors (Lipinski definition) is 0. The van der Waals surface area contributed by atoms with Gasteiger partial charge in [-0.15, -0.1) is 10.2 Å². The van der Waals surface area contributed by atoms with Crippen LogP contribution >= 0.6 is 34.2 Å². The van der Waals surface area contributed by atoms with Crippen molar-refractivity contribution in [3.63, 3.8) is 0 Å². The topological polar surface area (TPSA) is 51.8 Å². The summed E-state index contributed by atoms with van der Waals surface area (Å²) in [5.74, 6) is 0.414. The van der Waals surface area contributed by atoms with Crippen LogP contribution in [-0.4, -0.2) is 15.2 Å². The maximum absolute atomic E-state index is 5.88. The zero-order chi connectivity index (χ0) is 9.26. The van der Waals surface area contributed by atoms with Gasteiger partial charge in [-0.25, -0.2) is 0 Å². The molecule has 0 saturated heterocycles. The Morgan fingerprint density at radius 3 is 2.85 bits per heavy atom. The SMILES string of the molecule is Clc1cnccc1-c1nnc(I)o1. The van der Waals surface area contributed by atoms with Crippen LogP contribution in [0.3, 0.4) is 0 Å². The molecule has 2 aromatic rings. The Hall–Kier alpha value is -0.690. The number of halogens is 2. The van der Waals surface area contributed by atoms with Gasteiger partial charge in [0.25, 0.3) is 3.90 Å². The quantitative estimate of drug-likeness (QED) is 0.759. The van der Waals surface area contributed by atoms with Gasteiger partial charge in [0, 0.05) is 35.0 Å². The Bertz CT molecular complexity index is 431. The molecular weight excluding hydrogens is 304 g/mol. The Morgan fingerprint density at radius 2 is 2.23 bits per heavy atom. The van der Waals surface area contributed by atoms with Crippen LogP contribution in [0.5, 0.6) is 0 Å². The molecule has 6 heteroatoms. The van der Waals surface area contributed by atoms with Crippen LogP contribution in [0.2, 0.25) is 5.02 Å². The van der Waals surface area contributed by atoms with Gasteiger partial charge < -0.3 is 4.42 Å². The van der Waals surface area contributed by atoms with E-state index < -0.39 is 0 Å². The molecule has 2 rings (SSSR count). The van der Waals surface area contributed by atoms with Gasteiger partial charge in [-0.1, -0.05) is 11.6 Å². The lowest BCUT2D eigenvalue weighted by molar-refractivity contribution is 0.537. The fourth-order valence-corrected chi connectivity index (χ4v) is 1.38. The van der Waals surface area contributed by atoms with Crippen LogP contribution in [0.1, 0.15) is 0 Å². The van der Waals surface area contributed by atoms with E-state index >= 15 is 0 Å². The van der Waals surface area contributed by atoms with Gasteiger partial charge >= 0.3 is 0 Å². The average Bonchev–Trinajstić information content (AvgIpc) is 2.53. The minimum atomic E-state index is 0.414. The summed E-state index contributed by atoms with van der Waals surface area (Å²) in [6.45, 7) is 0. The monoisotopic (exact) mass is 307 g/mol. The first kappa shape index (κ1) is 8.89. The van der Waals surface area contributed by atoms with Gasteiger partial charge in [0.2, 0.25) is 5.89 Å². The van der Waals surface area contributed by atoms with Crippen molar-refractivity contribution in [3.05, 3.63) is 27.4 Å². The van der Waals surface area contributed by atoms with Gasteiger partial charge in [0.15, 0.2) is 0 Å². The largest absolute Gasteiger partial charge is 0.412 e. The Morgan fingerprint density at radius 1 is 1.38 bits per heavy atom. The number of rotatable bonds is 1. The van der Waals surface area contributed by atoms with Crippen molar-refractivity contribution in [2.24, 2.45) is 0 Å². The molecule has 0 amide bonds. The molecule has 66 valence electrons. The molecule has 13 heavy (non-hydrogen) atoms. The molecule has 0 radical (unpaired) electrons. The molecule has 0 N–H and O–H groups in total. The minimum absolute atomic E-state index is 0.414. The van der Waals surface area contributed by atoms with Crippen LogP contribution in [0.15, 0.2) is 22.9 Å². The van der Waals surface area contributed by atoms with Crippen molar-refractivity contribution >= 4 is 34.2 Å². The molecule has 4 nitrogen and oxygen atoms in total. The van der Waals surface area contributed by atoms with E-state index in [1.54, 1.807) is 12.3 Å². The van der Waals surface area contributed by atoms with E-state index in [0.717, 1.165) is 0 Å². The highest BCUT2D eigenvalue weighted by molar-refractivity contribution is 14.1. The van der Waals surface area contributed by atoms with Crippen LogP contribution in [0.25, 0.3) is 11.5 Å². The summed E-state index contributed by atoms with van der Waals surface area (Å²) in [6, 6.07) is 1.73. The normalized spacial score (nSPS) is 10.3. The second-order valence-corrected chi connectivity index (χ2v) is 3.55.